The molecule has 2 N–H and O–H groups in total. The van der Waals surface area contributed by atoms with Crippen molar-refractivity contribution in [1.29, 1.82) is 0 Å². The molecular weight excluding hydrogens is 512 g/mol. The fraction of sp³-hybridized carbons (Fsp3) is 0.355. The summed E-state index contributed by atoms with van der Waals surface area (Å²) in [5.74, 6) is 0.715. The van der Waals surface area contributed by atoms with E-state index in [2.05, 4.69) is 20.4 Å². The van der Waals surface area contributed by atoms with Gasteiger partial charge in [0.25, 0.3) is 5.91 Å². The van der Waals surface area contributed by atoms with Crippen LogP contribution in [0.3, 0.4) is 0 Å². The Bertz CT molecular complexity index is 1400. The lowest BCUT2D eigenvalue weighted by atomic mass is 10.0. The summed E-state index contributed by atoms with van der Waals surface area (Å²) in [6.07, 6.45) is 2.97. The number of piperidine rings is 1. The van der Waals surface area contributed by atoms with E-state index in [0.717, 1.165) is 79.0 Å². The number of carbonyl (C=O) groups excluding carboxylic acids is 1. The van der Waals surface area contributed by atoms with Gasteiger partial charge >= 0.3 is 0 Å². The minimum Gasteiger partial charge on any atom is -0.490 e. The van der Waals surface area contributed by atoms with Gasteiger partial charge in [-0.3, -0.25) is 9.89 Å². The maximum atomic E-state index is 13.2. The Balaban J connectivity index is 1.27. The molecule has 0 saturated carbocycles. The molecule has 1 aromatic heterocycles. The van der Waals surface area contributed by atoms with E-state index in [-0.39, 0.29) is 18.1 Å². The molecule has 7 nitrogen and oxygen atoms in total. The van der Waals surface area contributed by atoms with Crippen LogP contribution in [0.15, 0.2) is 66.7 Å². The lowest BCUT2D eigenvalue weighted by Gasteiger charge is -2.31. The minimum absolute atomic E-state index is 0.146. The zero-order valence-corrected chi connectivity index (χ0v) is 23.2. The van der Waals surface area contributed by atoms with Crippen molar-refractivity contribution in [3.63, 3.8) is 0 Å². The largest absolute Gasteiger partial charge is 0.490 e. The summed E-state index contributed by atoms with van der Waals surface area (Å²) in [6.45, 7) is 5.82. The highest BCUT2D eigenvalue weighted by molar-refractivity contribution is 6.31. The number of ether oxygens (including phenoxy) is 2. The van der Waals surface area contributed by atoms with Crippen LogP contribution in [0.1, 0.15) is 48.1 Å². The molecule has 1 amide bonds. The Morgan fingerprint density at radius 1 is 1.13 bits per heavy atom. The smallest absolute Gasteiger partial charge is 0.251 e. The number of benzene rings is 3. The van der Waals surface area contributed by atoms with Crippen LogP contribution in [0.2, 0.25) is 5.02 Å². The average Bonchev–Trinajstić information content (AvgIpc) is 3.40. The van der Waals surface area contributed by atoms with Crippen molar-refractivity contribution in [2.45, 2.75) is 38.3 Å². The third-order valence-corrected chi connectivity index (χ3v) is 7.74. The van der Waals surface area contributed by atoms with E-state index in [9.17, 15) is 4.79 Å². The summed E-state index contributed by atoms with van der Waals surface area (Å²) in [7, 11) is 1.74. The molecule has 5 rings (SSSR count). The van der Waals surface area contributed by atoms with Crippen molar-refractivity contribution in [3.05, 3.63) is 82.9 Å². The van der Waals surface area contributed by atoms with Gasteiger partial charge in [0.1, 0.15) is 11.9 Å². The average molecular weight is 547 g/mol. The van der Waals surface area contributed by atoms with Crippen LogP contribution >= 0.6 is 11.6 Å². The maximum Gasteiger partial charge on any atom is 0.251 e. The Labute approximate surface area is 234 Å². The predicted molar refractivity (Wildman–Crippen MR) is 155 cm³/mol. The highest BCUT2D eigenvalue weighted by Gasteiger charge is 2.21. The fourth-order valence-corrected chi connectivity index (χ4v) is 5.40. The number of aromatic nitrogens is 2. The number of carbonyl (C=O) groups is 1. The molecule has 1 fully saturated rings. The highest BCUT2D eigenvalue weighted by atomic mass is 35.5. The van der Waals surface area contributed by atoms with Crippen molar-refractivity contribution in [2.75, 3.05) is 33.4 Å². The van der Waals surface area contributed by atoms with Crippen molar-refractivity contribution >= 4 is 28.4 Å². The molecule has 0 aliphatic carbocycles. The predicted octanol–water partition coefficient (Wildman–Crippen LogP) is 6.25. The van der Waals surface area contributed by atoms with Gasteiger partial charge in [-0.25, -0.2) is 0 Å². The number of rotatable bonds is 10. The normalized spacial score (nSPS) is 15.4. The van der Waals surface area contributed by atoms with Crippen LogP contribution in [0, 0.1) is 0 Å². The number of halogens is 1. The summed E-state index contributed by atoms with van der Waals surface area (Å²) in [5.41, 5.74) is 4.13. The van der Waals surface area contributed by atoms with E-state index in [0.29, 0.717) is 10.6 Å². The second-order valence-electron chi connectivity index (χ2n) is 9.96. The Morgan fingerprint density at radius 3 is 2.62 bits per heavy atom. The first-order valence-corrected chi connectivity index (χ1v) is 13.9. The molecule has 4 aromatic rings. The summed E-state index contributed by atoms with van der Waals surface area (Å²) < 4.78 is 11.5. The molecule has 8 heteroatoms. The van der Waals surface area contributed by atoms with E-state index >= 15 is 0 Å². The number of methoxy groups -OCH3 is 1. The van der Waals surface area contributed by atoms with Crippen molar-refractivity contribution in [3.8, 4) is 17.0 Å². The number of aromatic amines is 1. The van der Waals surface area contributed by atoms with Gasteiger partial charge in [-0.2, -0.15) is 5.10 Å². The van der Waals surface area contributed by atoms with Crippen LogP contribution in [0.4, 0.5) is 0 Å². The molecular formula is C31H35ClN4O3. The molecule has 39 heavy (non-hydrogen) atoms. The summed E-state index contributed by atoms with van der Waals surface area (Å²) in [5, 5.41) is 12.3. The molecule has 3 aromatic carbocycles. The van der Waals surface area contributed by atoms with E-state index in [1.54, 1.807) is 7.11 Å². The molecule has 1 aliphatic rings. The number of nitrogens with zero attached hydrogens (tertiary/aromatic N) is 2. The summed E-state index contributed by atoms with van der Waals surface area (Å²) in [4.78, 5) is 15.6. The van der Waals surface area contributed by atoms with Crippen LogP contribution in [0.25, 0.3) is 22.2 Å². The zero-order chi connectivity index (χ0) is 27.2. The number of amides is 1. The lowest BCUT2D eigenvalue weighted by Crippen LogP contribution is -2.39. The maximum absolute atomic E-state index is 13.2. The van der Waals surface area contributed by atoms with Crippen LogP contribution in [-0.4, -0.2) is 60.5 Å². The number of hydrogen-bond donors (Lipinski definition) is 2. The number of fused-ring (bicyclic) bond motifs is 1. The van der Waals surface area contributed by atoms with Gasteiger partial charge < -0.3 is 19.7 Å². The third-order valence-electron chi connectivity index (χ3n) is 7.40. The van der Waals surface area contributed by atoms with Gasteiger partial charge in [0.05, 0.1) is 23.9 Å². The zero-order valence-electron chi connectivity index (χ0n) is 22.5. The number of likely N-dealkylation sites (tertiary alicyclic amines) is 1. The Hall–Kier alpha value is -3.39. The second kappa shape index (κ2) is 12.6. The van der Waals surface area contributed by atoms with Crippen molar-refractivity contribution < 1.29 is 14.3 Å². The molecule has 1 aliphatic heterocycles. The first kappa shape index (κ1) is 27.2. The lowest BCUT2D eigenvalue weighted by molar-refractivity contribution is 0.0797. The van der Waals surface area contributed by atoms with Crippen molar-refractivity contribution in [1.82, 2.24) is 20.4 Å². The van der Waals surface area contributed by atoms with Gasteiger partial charge in [0, 0.05) is 48.3 Å². The van der Waals surface area contributed by atoms with E-state index in [1.165, 1.54) is 0 Å². The molecule has 0 unspecified atom stereocenters. The van der Waals surface area contributed by atoms with Gasteiger partial charge in [-0.1, -0.05) is 36.7 Å². The quantitative estimate of drug-likeness (QED) is 0.246. The van der Waals surface area contributed by atoms with Gasteiger partial charge in [-0.15, -0.1) is 0 Å². The van der Waals surface area contributed by atoms with Crippen LogP contribution < -0.4 is 10.1 Å². The summed E-state index contributed by atoms with van der Waals surface area (Å²) >= 11 is 6.39. The molecule has 1 atom stereocenters. The molecule has 204 valence electrons. The Morgan fingerprint density at radius 2 is 1.90 bits per heavy atom. The number of hydrogen-bond acceptors (Lipinski definition) is 5. The standard InChI is InChI=1S/C31H35ClN4O3/c1-3-28(25-6-4-5-7-27(25)32)33-31(37)22-10-13-29-26(20-22)30(35-34-29)21-8-11-23(12-9-21)39-24-14-16-36(17-15-24)18-19-38-2/h4-13,20,24,28H,3,14-19H2,1-2H3,(H,33,37)(H,34,35)/t28-/m1/s1. The van der Waals surface area contributed by atoms with Crippen LogP contribution in [-0.2, 0) is 4.74 Å². The molecule has 2 heterocycles. The second-order valence-corrected chi connectivity index (χ2v) is 10.4. The molecule has 1 saturated heterocycles. The number of H-pyrrole nitrogens is 1. The SMILES string of the molecule is CC[C@@H](NC(=O)c1ccc2[nH]nc(-c3ccc(OC4CCN(CCOC)CC4)cc3)c2c1)c1ccccc1Cl. The van der Waals surface area contributed by atoms with E-state index in [4.69, 9.17) is 21.1 Å². The fourth-order valence-electron chi connectivity index (χ4n) is 5.13. The first-order valence-electron chi connectivity index (χ1n) is 13.6. The molecule has 0 bridgehead atoms. The summed E-state index contributed by atoms with van der Waals surface area (Å²) in [6, 6.07) is 21.1. The topological polar surface area (TPSA) is 79.5 Å². The van der Waals surface area contributed by atoms with Gasteiger partial charge in [0.15, 0.2) is 0 Å². The molecule has 0 radical (unpaired) electrons. The third kappa shape index (κ3) is 6.44. The monoisotopic (exact) mass is 546 g/mol. The Kier molecular flexibility index (Phi) is 8.81. The van der Waals surface area contributed by atoms with Crippen molar-refractivity contribution in [2.24, 2.45) is 0 Å². The first-order chi connectivity index (χ1) is 19.1. The van der Waals surface area contributed by atoms with Gasteiger partial charge in [-0.05, 0) is 73.4 Å². The number of nitrogens with one attached hydrogen (secondary N) is 2. The highest BCUT2D eigenvalue weighted by Crippen LogP contribution is 2.30. The molecule has 0 spiro atoms. The van der Waals surface area contributed by atoms with E-state index < -0.39 is 0 Å². The minimum atomic E-state index is -0.171. The van der Waals surface area contributed by atoms with E-state index in [1.807, 2.05) is 73.7 Å². The van der Waals surface area contributed by atoms with Gasteiger partial charge in [0.2, 0.25) is 0 Å². The van der Waals surface area contributed by atoms with Crippen LogP contribution in [0.5, 0.6) is 5.75 Å².